The Morgan fingerprint density at radius 3 is 0.258 bits per heavy atom. The first-order valence-corrected chi connectivity index (χ1v) is 4.38. The molecule has 0 atom stereocenters. The molecule has 0 aromatic heterocycles. The summed E-state index contributed by atoms with van der Waals surface area (Å²) in [5.74, 6) is 0. The van der Waals surface area contributed by atoms with Crippen molar-refractivity contribution in [1.82, 2.24) is 111 Å². The molecule has 0 spiro atoms. The van der Waals surface area contributed by atoms with E-state index < -0.39 is 15.6 Å². The van der Waals surface area contributed by atoms with Gasteiger partial charge in [-0.25, -0.2) is 0 Å². The monoisotopic (exact) mass is 673 g/mol. The Morgan fingerprint density at radius 1 is 0.258 bits per heavy atom. The van der Waals surface area contributed by atoms with Crippen molar-refractivity contribution >= 4 is 15.6 Å². The molecule has 31 heteroatoms. The van der Waals surface area contributed by atoms with Crippen LogP contribution >= 0.6 is 15.6 Å². The van der Waals surface area contributed by atoms with Crippen LogP contribution in [0.4, 0.5) is 0 Å². The third-order valence-electron chi connectivity index (χ3n) is 0. The number of rotatable bonds is 0. The molecule has 0 fully saturated rings. The molecule has 0 aliphatic carbocycles. The van der Waals surface area contributed by atoms with Crippen molar-refractivity contribution < 1.29 is 88.8 Å². The van der Waals surface area contributed by atoms with Crippen LogP contribution in [0, 0.1) is 0 Å². The predicted molar refractivity (Wildman–Crippen MR) is 106 cm³/mol. The molecule has 0 bridgehead atoms. The van der Waals surface area contributed by atoms with E-state index in [9.17, 15) is 0 Å². The predicted octanol–water partition coefficient (Wildman–Crippen LogP) is -2.74. The molecule has 26 nitrogen and oxygen atoms in total. The average molecular weight is 673 g/mol. The summed E-state index contributed by atoms with van der Waals surface area (Å²) < 4.78 is 17.1. The van der Waals surface area contributed by atoms with Crippen LogP contribution in [0.2, 0.25) is 0 Å². The van der Waals surface area contributed by atoms with Gasteiger partial charge < -0.3 is 149 Å². The topological polar surface area (TPSA) is 802 Å². The largest absolute Gasteiger partial charge is 2.00 e. The van der Waals surface area contributed by atoms with Gasteiger partial charge in [-0.05, 0) is 0 Å². The van der Waals surface area contributed by atoms with Gasteiger partial charge in [-0.3, -0.25) is 0 Å². The van der Waals surface area contributed by atoms with Gasteiger partial charge in [0.05, 0.1) is 0 Å². The summed E-state index contributed by atoms with van der Waals surface area (Å²) in [5.41, 5.74) is 0. The maximum atomic E-state index is 8.55. The third-order valence-corrected chi connectivity index (χ3v) is 0. The van der Waals surface area contributed by atoms with Crippen molar-refractivity contribution in [3.05, 3.63) is 0 Å². The van der Waals surface area contributed by atoms with E-state index in [-0.39, 0.29) is 161 Å². The second kappa shape index (κ2) is 165. The minimum atomic E-state index is -5.39. The van der Waals surface area contributed by atoms with E-state index in [4.69, 9.17) is 38.5 Å². The summed E-state index contributed by atoms with van der Waals surface area (Å²) in [6.45, 7) is 0. The minimum Gasteiger partial charge on any atom is -0.822 e. The zero-order chi connectivity index (χ0) is 9.00. The fourth-order valence-corrected chi connectivity index (χ4v) is 0. The Kier molecular flexibility index (Phi) is 2010. The van der Waals surface area contributed by atoms with Crippen molar-refractivity contribution in [3.63, 3.8) is 0 Å². The van der Waals surface area contributed by atoms with Crippen LogP contribution in [0.25, 0.3) is 0 Å². The summed E-state index contributed by atoms with van der Waals surface area (Å²) >= 11 is 0. The van der Waals surface area contributed by atoms with Crippen LogP contribution in [-0.4, -0.2) is 0 Å². The second-order valence-corrected chi connectivity index (χ2v) is 2.68. The maximum Gasteiger partial charge on any atom is 2.00 e. The molecule has 0 saturated carbocycles. The molecule has 0 saturated heterocycles. The van der Waals surface area contributed by atoms with Crippen LogP contribution in [0.5, 0.6) is 0 Å². The Morgan fingerprint density at radius 2 is 0.258 bits per heavy atom. The van der Waals surface area contributed by atoms with Gasteiger partial charge in [0.2, 0.25) is 0 Å². The molecule has 0 aliphatic heterocycles. The van der Waals surface area contributed by atoms with Crippen LogP contribution in [0.15, 0.2) is 0 Å². The van der Waals surface area contributed by atoms with Crippen molar-refractivity contribution in [2.75, 3.05) is 0 Å². The van der Waals surface area contributed by atoms with Crippen molar-refractivity contribution in [1.29, 1.82) is 0 Å². The van der Waals surface area contributed by atoms with Crippen LogP contribution < -0.4 is 140 Å². The summed E-state index contributed by atoms with van der Waals surface area (Å²) in [6.07, 6.45) is 0. The summed E-state index contributed by atoms with van der Waals surface area (Å²) in [7, 11) is -10.8. The first kappa shape index (κ1) is 379. The molecule has 31 heavy (non-hydrogen) atoms. The van der Waals surface area contributed by atoms with E-state index in [1.165, 1.54) is 0 Å². The van der Waals surface area contributed by atoms with Crippen LogP contribution in [0.3, 0.4) is 0 Å². The van der Waals surface area contributed by atoms with Crippen LogP contribution in [-0.2, 0) is 59.5 Å². The first-order valence-electron chi connectivity index (χ1n) is 1.46. The first-order chi connectivity index (χ1) is 4.00. The molecule has 0 amide bonds. The zero-order valence-electron chi connectivity index (χ0n) is 17.9. The molecule has 3 radical (unpaired) electrons. The Bertz CT molecular complexity index is 160. The number of hydrogen-bond acceptors (Lipinski definition) is 26. The van der Waals surface area contributed by atoms with E-state index in [1.54, 1.807) is 0 Å². The minimum absolute atomic E-state index is 0. The molecule has 0 aromatic rings. The summed E-state index contributed by atoms with van der Waals surface area (Å²) in [6, 6.07) is 0. The van der Waals surface area contributed by atoms with E-state index in [0.29, 0.717) is 0 Å². The van der Waals surface area contributed by atoms with Crippen molar-refractivity contribution in [2.24, 2.45) is 0 Å². The fourth-order valence-electron chi connectivity index (χ4n) is 0. The van der Waals surface area contributed by atoms with Gasteiger partial charge in [0.15, 0.2) is 0 Å². The average Bonchev–Trinajstić information content (AvgIpc) is 1.12. The molecule has 0 heterocycles. The SMILES string of the molecule is N.N.N.N.N.N.N.N.N.N.N.N.N.N.N.N.N.N.O=P([O-])([O-])[O-].O=P([O-])([O-])[O-].[Co+2].[Co+2].[Co+2]. The Labute approximate surface area is 215 Å². The molecule has 229 valence electrons. The molecule has 0 aromatic carbocycles. The molecule has 0 aliphatic rings. The molecule has 0 unspecified atom stereocenters. The van der Waals surface area contributed by atoms with Gasteiger partial charge in [-0.1, -0.05) is 0 Å². The molecule has 54 N–H and O–H groups in total. The maximum absolute atomic E-state index is 8.55. The van der Waals surface area contributed by atoms with Crippen molar-refractivity contribution in [3.8, 4) is 0 Å². The standard InChI is InChI=1S/3Co.18H3N.2H3O4P/c;;;;;;;;;;;;;;;;;;;;;2*1-5(2,3)4/h;;;18*1H3;2*(H3,1,2,3,4)/q3*+2;;;;;;;;;;;;;;;;;;;;/p-6. The van der Waals surface area contributed by atoms with Gasteiger partial charge in [0.1, 0.15) is 0 Å². The van der Waals surface area contributed by atoms with Crippen LogP contribution in [0.1, 0.15) is 0 Å². The van der Waals surface area contributed by atoms with Gasteiger partial charge in [-0.15, -0.1) is 0 Å². The van der Waals surface area contributed by atoms with Gasteiger partial charge >= 0.3 is 50.3 Å². The third kappa shape index (κ3) is 25100. The zero-order valence-corrected chi connectivity index (χ0v) is 22.8. The van der Waals surface area contributed by atoms with E-state index >= 15 is 0 Å². The van der Waals surface area contributed by atoms with Gasteiger partial charge in [0, 0.05) is 0 Å². The molecule has 0 rings (SSSR count). The summed E-state index contributed by atoms with van der Waals surface area (Å²) in [4.78, 5) is 51.3. The Hall–Kier alpha value is 1.02. The van der Waals surface area contributed by atoms with E-state index in [0.717, 1.165) is 0 Å². The van der Waals surface area contributed by atoms with Gasteiger partial charge in [-0.2, -0.15) is 15.6 Å². The summed E-state index contributed by atoms with van der Waals surface area (Å²) in [5, 5.41) is 0. The number of hydrogen-bond donors (Lipinski definition) is 18. The second-order valence-electron chi connectivity index (χ2n) is 0.894. The fraction of sp³-hybridized carbons (Fsp3) is 0. The van der Waals surface area contributed by atoms with E-state index in [2.05, 4.69) is 0 Å². The normalized spacial score (nSPS) is 3.81. The quantitative estimate of drug-likeness (QED) is 0.116. The Balaban J connectivity index is -0.00000000117. The van der Waals surface area contributed by atoms with E-state index in [1.807, 2.05) is 0 Å². The number of phosphoric acid groups is 2. The molecular formula is H54Co3N18O8P2. The smallest absolute Gasteiger partial charge is 0.822 e. The van der Waals surface area contributed by atoms with Crippen molar-refractivity contribution in [2.45, 2.75) is 0 Å². The van der Waals surface area contributed by atoms with Gasteiger partial charge in [0.25, 0.3) is 0 Å². The molecular weight excluding hydrogens is 619 g/mol.